The van der Waals surface area contributed by atoms with Crippen LogP contribution in [0.15, 0.2) is 53.3 Å². The van der Waals surface area contributed by atoms with Gasteiger partial charge in [-0.15, -0.1) is 0 Å². The van der Waals surface area contributed by atoms with Crippen molar-refractivity contribution in [2.24, 2.45) is 0 Å². The third-order valence-corrected chi connectivity index (χ3v) is 8.54. The standard InChI is InChI=1S/C32H41Cl2N3O7/c1-39-17-18-40-19-20-41-22-29-32(44-29)43-23-37-28-21-25(9-7-24(28)8-10-30(37)38)42-16-3-2-11-35-12-14-36(15-13-35)27-6-4-5-26(33)31(27)34/h4-10,21,29,32H,2-3,11-20,22-23H2,1H3/t29?,32-/m1/s1. The number of ether oxygens (including phenoxy) is 6. The van der Waals surface area contributed by atoms with Gasteiger partial charge in [-0.25, -0.2) is 0 Å². The van der Waals surface area contributed by atoms with Crippen molar-refractivity contribution in [3.63, 3.8) is 0 Å². The molecule has 5 rings (SSSR count). The van der Waals surface area contributed by atoms with Gasteiger partial charge in [-0.3, -0.25) is 14.3 Å². The Kier molecular flexibility index (Phi) is 12.6. The third kappa shape index (κ3) is 9.31. The number of anilines is 1. The number of epoxide rings is 1. The molecule has 2 fully saturated rings. The number of benzene rings is 2. The smallest absolute Gasteiger partial charge is 0.252 e. The Morgan fingerprint density at radius 2 is 1.70 bits per heavy atom. The molecule has 0 radical (unpaired) electrons. The second-order valence-corrected chi connectivity index (χ2v) is 11.6. The van der Waals surface area contributed by atoms with Gasteiger partial charge < -0.3 is 33.3 Å². The molecule has 2 aromatic carbocycles. The van der Waals surface area contributed by atoms with Gasteiger partial charge >= 0.3 is 0 Å². The van der Waals surface area contributed by atoms with E-state index in [1.807, 2.05) is 42.5 Å². The lowest BCUT2D eigenvalue weighted by Gasteiger charge is -2.36. The maximum atomic E-state index is 12.7. The van der Waals surface area contributed by atoms with Crippen molar-refractivity contribution in [3.05, 3.63) is 68.9 Å². The second-order valence-electron chi connectivity index (χ2n) is 10.8. The number of rotatable bonds is 18. The molecule has 3 heterocycles. The molecule has 0 amide bonds. The van der Waals surface area contributed by atoms with E-state index in [-0.39, 0.29) is 18.4 Å². The van der Waals surface area contributed by atoms with Crippen molar-refractivity contribution >= 4 is 39.8 Å². The average molecular weight is 651 g/mol. The Balaban J connectivity index is 1.01. The normalized spacial score (nSPS) is 18.7. The number of nitrogens with zero attached hydrogens (tertiary/aromatic N) is 3. The lowest BCUT2D eigenvalue weighted by molar-refractivity contribution is 0.00656. The number of pyridine rings is 1. The van der Waals surface area contributed by atoms with Gasteiger partial charge in [-0.2, -0.15) is 0 Å². The van der Waals surface area contributed by atoms with Crippen LogP contribution in [0.25, 0.3) is 10.9 Å². The summed E-state index contributed by atoms with van der Waals surface area (Å²) < 4.78 is 35.0. The van der Waals surface area contributed by atoms with Crippen molar-refractivity contribution < 1.29 is 28.4 Å². The number of unbranched alkanes of at least 4 members (excludes halogenated alkanes) is 1. The molecular formula is C32H41Cl2N3O7. The number of methoxy groups -OCH3 is 1. The van der Waals surface area contributed by atoms with Gasteiger partial charge in [-0.1, -0.05) is 29.3 Å². The van der Waals surface area contributed by atoms with Crippen LogP contribution in [0.4, 0.5) is 5.69 Å². The minimum Gasteiger partial charge on any atom is -0.494 e. The van der Waals surface area contributed by atoms with E-state index in [2.05, 4.69) is 9.80 Å². The van der Waals surface area contributed by atoms with Gasteiger partial charge in [0.2, 0.25) is 0 Å². The van der Waals surface area contributed by atoms with Crippen molar-refractivity contribution in [1.29, 1.82) is 0 Å². The first-order chi connectivity index (χ1) is 21.5. The van der Waals surface area contributed by atoms with Crippen LogP contribution < -0.4 is 15.2 Å². The molecule has 2 atom stereocenters. The topological polar surface area (TPSA) is 87.2 Å². The van der Waals surface area contributed by atoms with Gasteiger partial charge in [0.05, 0.1) is 60.9 Å². The monoisotopic (exact) mass is 649 g/mol. The molecule has 1 aromatic heterocycles. The van der Waals surface area contributed by atoms with E-state index in [0.717, 1.165) is 67.9 Å². The molecule has 0 aliphatic carbocycles. The van der Waals surface area contributed by atoms with E-state index in [0.29, 0.717) is 49.7 Å². The molecule has 2 aliphatic heterocycles. The highest BCUT2D eigenvalue weighted by atomic mass is 35.5. The van der Waals surface area contributed by atoms with Gasteiger partial charge in [0.1, 0.15) is 18.6 Å². The zero-order valence-electron chi connectivity index (χ0n) is 25.1. The Morgan fingerprint density at radius 3 is 2.55 bits per heavy atom. The summed E-state index contributed by atoms with van der Waals surface area (Å²) in [6.45, 7) is 8.00. The highest BCUT2D eigenvalue weighted by Crippen LogP contribution is 2.33. The molecule has 0 bridgehead atoms. The average Bonchev–Trinajstić information content (AvgIpc) is 3.79. The van der Waals surface area contributed by atoms with Gasteiger partial charge in [-0.05, 0) is 55.1 Å². The molecule has 10 nitrogen and oxygen atoms in total. The molecule has 2 saturated heterocycles. The molecule has 0 spiro atoms. The van der Waals surface area contributed by atoms with Crippen LogP contribution in [-0.2, 0) is 30.4 Å². The van der Waals surface area contributed by atoms with Crippen molar-refractivity contribution in [1.82, 2.24) is 9.47 Å². The number of hydrogen-bond acceptors (Lipinski definition) is 9. The minimum absolute atomic E-state index is 0.0811. The van der Waals surface area contributed by atoms with E-state index in [1.165, 1.54) is 0 Å². The Morgan fingerprint density at radius 1 is 0.909 bits per heavy atom. The summed E-state index contributed by atoms with van der Waals surface area (Å²) in [6.07, 6.45) is 1.43. The highest BCUT2D eigenvalue weighted by molar-refractivity contribution is 6.43. The first-order valence-corrected chi connectivity index (χ1v) is 15.9. The predicted molar refractivity (Wildman–Crippen MR) is 171 cm³/mol. The molecule has 44 heavy (non-hydrogen) atoms. The number of aromatic nitrogens is 1. The molecule has 0 saturated carbocycles. The van der Waals surface area contributed by atoms with Crippen LogP contribution in [0.1, 0.15) is 12.8 Å². The van der Waals surface area contributed by atoms with E-state index >= 15 is 0 Å². The maximum Gasteiger partial charge on any atom is 0.252 e. The maximum absolute atomic E-state index is 12.7. The third-order valence-electron chi connectivity index (χ3n) is 7.74. The summed E-state index contributed by atoms with van der Waals surface area (Å²) in [4.78, 5) is 17.5. The van der Waals surface area contributed by atoms with Gasteiger partial charge in [0.15, 0.2) is 6.29 Å². The van der Waals surface area contributed by atoms with E-state index in [9.17, 15) is 4.79 Å². The van der Waals surface area contributed by atoms with Crippen molar-refractivity contribution in [2.75, 3.05) is 84.4 Å². The fraction of sp³-hybridized carbons (Fsp3) is 0.531. The fourth-order valence-corrected chi connectivity index (χ4v) is 5.58. The minimum atomic E-state index is -0.399. The summed E-state index contributed by atoms with van der Waals surface area (Å²) in [6, 6.07) is 15.0. The Bertz CT molecular complexity index is 1400. The van der Waals surface area contributed by atoms with Gasteiger partial charge in [0, 0.05) is 45.4 Å². The summed E-state index contributed by atoms with van der Waals surface area (Å²) in [5.41, 5.74) is 1.62. The lowest BCUT2D eigenvalue weighted by atomic mass is 10.2. The van der Waals surface area contributed by atoms with E-state index in [4.69, 9.17) is 51.6 Å². The molecule has 3 aromatic rings. The second kappa shape index (κ2) is 16.8. The molecule has 12 heteroatoms. The first kappa shape index (κ1) is 33.0. The number of hydrogen-bond donors (Lipinski definition) is 0. The van der Waals surface area contributed by atoms with Crippen LogP contribution >= 0.6 is 23.2 Å². The van der Waals surface area contributed by atoms with Crippen LogP contribution in [0.3, 0.4) is 0 Å². The van der Waals surface area contributed by atoms with Crippen LogP contribution in [0, 0.1) is 0 Å². The van der Waals surface area contributed by atoms with Gasteiger partial charge in [0.25, 0.3) is 5.56 Å². The lowest BCUT2D eigenvalue weighted by Crippen LogP contribution is -2.46. The molecule has 240 valence electrons. The highest BCUT2D eigenvalue weighted by Gasteiger charge is 2.40. The Labute approximate surface area is 268 Å². The molecule has 2 aliphatic rings. The van der Waals surface area contributed by atoms with Crippen LogP contribution in [-0.4, -0.2) is 101 Å². The number of piperazine rings is 1. The quantitative estimate of drug-likeness (QED) is 0.144. The predicted octanol–water partition coefficient (Wildman–Crippen LogP) is 4.67. The van der Waals surface area contributed by atoms with Crippen molar-refractivity contribution in [3.8, 4) is 5.75 Å². The summed E-state index contributed by atoms with van der Waals surface area (Å²) >= 11 is 12.6. The molecule has 0 N–H and O–H groups in total. The largest absolute Gasteiger partial charge is 0.494 e. The summed E-state index contributed by atoms with van der Waals surface area (Å²) in [7, 11) is 1.64. The zero-order valence-corrected chi connectivity index (χ0v) is 26.6. The van der Waals surface area contributed by atoms with E-state index < -0.39 is 6.29 Å². The summed E-state index contributed by atoms with van der Waals surface area (Å²) in [5.74, 6) is 0.727. The number of halogens is 2. The molecular weight excluding hydrogens is 609 g/mol. The summed E-state index contributed by atoms with van der Waals surface area (Å²) in [5, 5.41) is 2.15. The zero-order chi connectivity index (χ0) is 30.7. The fourth-order valence-electron chi connectivity index (χ4n) is 5.17. The SMILES string of the molecule is COCCOCCOCC1O[C@H]1OCn1c(=O)ccc2ccc(OCCCCN3CCN(c4cccc(Cl)c4Cl)CC3)cc21. The van der Waals surface area contributed by atoms with Crippen LogP contribution in [0.2, 0.25) is 10.0 Å². The number of fused-ring (bicyclic) bond motifs is 1. The van der Waals surface area contributed by atoms with Crippen molar-refractivity contribution in [2.45, 2.75) is 32.0 Å². The van der Waals surface area contributed by atoms with Crippen LogP contribution in [0.5, 0.6) is 5.75 Å². The first-order valence-electron chi connectivity index (χ1n) is 15.1. The Hall–Kier alpha value is -2.41. The van der Waals surface area contributed by atoms with E-state index in [1.54, 1.807) is 17.7 Å². The molecule has 1 unspecified atom stereocenters.